The van der Waals surface area contributed by atoms with Gasteiger partial charge in [-0.1, -0.05) is 28.1 Å². The van der Waals surface area contributed by atoms with Gasteiger partial charge in [-0.3, -0.25) is 0 Å². The highest BCUT2D eigenvalue weighted by Crippen LogP contribution is 2.24. The first-order valence-electron chi connectivity index (χ1n) is 5.33. The largest absolute Gasteiger partial charge is 0.394 e. The van der Waals surface area contributed by atoms with E-state index in [0.717, 1.165) is 15.7 Å². The van der Waals surface area contributed by atoms with Gasteiger partial charge in [-0.25, -0.2) is 4.68 Å². The molecule has 1 aromatic heterocycles. The average Bonchev–Trinajstić information content (AvgIpc) is 2.71. The van der Waals surface area contributed by atoms with Crippen LogP contribution < -0.4 is 5.73 Å². The summed E-state index contributed by atoms with van der Waals surface area (Å²) in [4.78, 5) is 0. The number of nitrogen functional groups attached to an aromatic ring is 1. The van der Waals surface area contributed by atoms with Gasteiger partial charge in [-0.05, 0) is 19.1 Å². The fraction of sp³-hybridized carbons (Fsp3) is 0.250. The highest BCUT2D eigenvalue weighted by Gasteiger charge is 2.11. The van der Waals surface area contributed by atoms with Crippen LogP contribution in [0.4, 0.5) is 5.82 Å². The Morgan fingerprint density at radius 2 is 2.06 bits per heavy atom. The van der Waals surface area contributed by atoms with Crippen LogP contribution in [0.1, 0.15) is 13.0 Å². The summed E-state index contributed by atoms with van der Waals surface area (Å²) in [6, 6.07) is 9.56. The first kappa shape index (κ1) is 12.1. The molecule has 0 aliphatic heterocycles. The maximum Gasteiger partial charge on any atom is 0.122 e. The molecule has 0 spiro atoms. The number of nitrogens with two attached hydrogens (primary N) is 1. The van der Waals surface area contributed by atoms with Crippen molar-refractivity contribution < 1.29 is 5.11 Å². The second kappa shape index (κ2) is 4.89. The molecule has 2 rings (SSSR count). The molecule has 0 aliphatic carbocycles. The lowest BCUT2D eigenvalue weighted by Crippen LogP contribution is -2.13. The fourth-order valence-electron chi connectivity index (χ4n) is 1.60. The summed E-state index contributed by atoms with van der Waals surface area (Å²) in [6.45, 7) is 1.89. The van der Waals surface area contributed by atoms with Gasteiger partial charge in [-0.2, -0.15) is 5.10 Å². The molecule has 0 bridgehead atoms. The highest BCUT2D eigenvalue weighted by atomic mass is 79.9. The van der Waals surface area contributed by atoms with E-state index in [-0.39, 0.29) is 12.6 Å². The molecule has 3 N–H and O–H groups in total. The summed E-state index contributed by atoms with van der Waals surface area (Å²) < 4.78 is 2.66. The van der Waals surface area contributed by atoms with E-state index >= 15 is 0 Å². The van der Waals surface area contributed by atoms with Crippen LogP contribution in [0.5, 0.6) is 0 Å². The van der Waals surface area contributed by atoms with Gasteiger partial charge in [0.2, 0.25) is 0 Å². The zero-order chi connectivity index (χ0) is 12.4. The zero-order valence-corrected chi connectivity index (χ0v) is 11.1. The van der Waals surface area contributed by atoms with Crippen LogP contribution >= 0.6 is 15.9 Å². The van der Waals surface area contributed by atoms with Gasteiger partial charge in [0.25, 0.3) is 0 Å². The summed E-state index contributed by atoms with van der Waals surface area (Å²) >= 11 is 3.39. The minimum Gasteiger partial charge on any atom is -0.394 e. The lowest BCUT2D eigenvalue weighted by molar-refractivity contribution is 0.231. The molecule has 1 atom stereocenters. The molecule has 0 radical (unpaired) electrons. The Labute approximate surface area is 108 Å². The van der Waals surface area contributed by atoms with Gasteiger partial charge in [0.05, 0.1) is 18.3 Å². The van der Waals surface area contributed by atoms with Crippen molar-refractivity contribution in [2.45, 2.75) is 13.0 Å². The summed E-state index contributed by atoms with van der Waals surface area (Å²) in [5.41, 5.74) is 7.68. The van der Waals surface area contributed by atoms with Gasteiger partial charge >= 0.3 is 0 Å². The lowest BCUT2D eigenvalue weighted by atomic mass is 10.2. The zero-order valence-electron chi connectivity index (χ0n) is 9.47. The van der Waals surface area contributed by atoms with Crippen LogP contribution in [0, 0.1) is 0 Å². The maximum absolute atomic E-state index is 9.11. The Balaban J connectivity index is 2.37. The summed E-state index contributed by atoms with van der Waals surface area (Å²) in [7, 11) is 0. The third kappa shape index (κ3) is 2.50. The van der Waals surface area contributed by atoms with Gasteiger partial charge < -0.3 is 10.8 Å². The summed E-state index contributed by atoms with van der Waals surface area (Å²) in [5.74, 6) is 0.560. The average molecular weight is 296 g/mol. The van der Waals surface area contributed by atoms with Gasteiger partial charge in [0.15, 0.2) is 0 Å². The van der Waals surface area contributed by atoms with Crippen LogP contribution in [0.3, 0.4) is 0 Å². The predicted octanol–water partition coefficient (Wildman–Crippen LogP) is 2.45. The number of rotatable bonds is 3. The standard InChI is InChI=1S/C12H14BrN3O/c1-8(7-17)16-12(14)6-11(15-16)9-2-4-10(13)5-3-9/h2-6,8,17H,7,14H2,1H3. The minimum atomic E-state index is -0.112. The van der Waals surface area contributed by atoms with Crippen molar-refractivity contribution >= 4 is 21.7 Å². The van der Waals surface area contributed by atoms with Crippen molar-refractivity contribution in [1.82, 2.24) is 9.78 Å². The van der Waals surface area contributed by atoms with Crippen molar-refractivity contribution in [2.24, 2.45) is 0 Å². The van der Waals surface area contributed by atoms with Gasteiger partial charge in [0, 0.05) is 16.1 Å². The summed E-state index contributed by atoms with van der Waals surface area (Å²) in [6.07, 6.45) is 0. The van der Waals surface area contributed by atoms with E-state index in [1.165, 1.54) is 0 Å². The van der Waals surface area contributed by atoms with Crippen molar-refractivity contribution in [3.8, 4) is 11.3 Å². The molecule has 2 aromatic rings. The molecule has 1 aromatic carbocycles. The molecule has 17 heavy (non-hydrogen) atoms. The van der Waals surface area contributed by atoms with E-state index < -0.39 is 0 Å². The van der Waals surface area contributed by atoms with Crippen LogP contribution in [-0.2, 0) is 0 Å². The number of nitrogens with zero attached hydrogens (tertiary/aromatic N) is 2. The highest BCUT2D eigenvalue weighted by molar-refractivity contribution is 9.10. The first-order valence-corrected chi connectivity index (χ1v) is 6.13. The van der Waals surface area contributed by atoms with E-state index in [2.05, 4.69) is 21.0 Å². The Morgan fingerprint density at radius 3 is 2.65 bits per heavy atom. The topological polar surface area (TPSA) is 64.1 Å². The molecule has 1 heterocycles. The van der Waals surface area contributed by atoms with Crippen LogP contribution in [0.2, 0.25) is 0 Å². The second-order valence-electron chi connectivity index (χ2n) is 3.94. The van der Waals surface area contributed by atoms with Gasteiger partial charge in [0.1, 0.15) is 5.82 Å². The second-order valence-corrected chi connectivity index (χ2v) is 4.85. The van der Waals surface area contributed by atoms with Crippen molar-refractivity contribution in [2.75, 3.05) is 12.3 Å². The third-order valence-corrected chi connectivity index (χ3v) is 3.11. The van der Waals surface area contributed by atoms with Gasteiger partial charge in [-0.15, -0.1) is 0 Å². The number of aromatic nitrogens is 2. The van der Waals surface area contributed by atoms with E-state index in [1.807, 2.05) is 37.3 Å². The SMILES string of the molecule is CC(CO)n1nc(-c2ccc(Br)cc2)cc1N. The first-order chi connectivity index (χ1) is 8.11. The molecule has 1 unspecified atom stereocenters. The number of benzene rings is 1. The van der Waals surface area contributed by atoms with E-state index in [1.54, 1.807) is 4.68 Å². The van der Waals surface area contributed by atoms with Crippen LogP contribution in [-0.4, -0.2) is 21.5 Å². The molecule has 0 amide bonds. The van der Waals surface area contributed by atoms with Crippen LogP contribution in [0.15, 0.2) is 34.8 Å². The Bertz CT molecular complexity index is 507. The number of anilines is 1. The molecule has 4 nitrogen and oxygen atoms in total. The molecular formula is C12H14BrN3O. The quantitative estimate of drug-likeness (QED) is 0.914. The van der Waals surface area contributed by atoms with Crippen molar-refractivity contribution in [1.29, 1.82) is 0 Å². The normalized spacial score (nSPS) is 12.6. The smallest absolute Gasteiger partial charge is 0.122 e. The Hall–Kier alpha value is -1.33. The van der Waals surface area contributed by atoms with Crippen molar-refractivity contribution in [3.63, 3.8) is 0 Å². The van der Waals surface area contributed by atoms with E-state index in [0.29, 0.717) is 5.82 Å². The number of halogens is 1. The molecule has 90 valence electrons. The number of hydrogen-bond donors (Lipinski definition) is 2. The third-order valence-electron chi connectivity index (χ3n) is 2.59. The molecule has 0 saturated carbocycles. The number of aliphatic hydroxyl groups is 1. The minimum absolute atomic E-state index is 0.0195. The molecule has 0 saturated heterocycles. The molecular weight excluding hydrogens is 282 g/mol. The van der Waals surface area contributed by atoms with Crippen molar-refractivity contribution in [3.05, 3.63) is 34.8 Å². The number of hydrogen-bond acceptors (Lipinski definition) is 3. The molecule has 0 fully saturated rings. The van der Waals surface area contributed by atoms with E-state index in [9.17, 15) is 0 Å². The fourth-order valence-corrected chi connectivity index (χ4v) is 1.87. The maximum atomic E-state index is 9.11. The lowest BCUT2D eigenvalue weighted by Gasteiger charge is -2.09. The summed E-state index contributed by atoms with van der Waals surface area (Å²) in [5, 5.41) is 13.5. The van der Waals surface area contributed by atoms with E-state index in [4.69, 9.17) is 10.8 Å². The molecule has 5 heteroatoms. The molecule has 0 aliphatic rings. The monoisotopic (exact) mass is 295 g/mol. The number of aliphatic hydroxyl groups excluding tert-OH is 1. The predicted molar refractivity (Wildman–Crippen MR) is 71.6 cm³/mol. The Kier molecular flexibility index (Phi) is 3.49. The Morgan fingerprint density at radius 1 is 1.41 bits per heavy atom. The van der Waals surface area contributed by atoms with Crippen LogP contribution in [0.25, 0.3) is 11.3 Å².